The van der Waals surface area contributed by atoms with Crippen molar-refractivity contribution in [2.75, 3.05) is 13.1 Å². The zero-order valence-electron chi connectivity index (χ0n) is 19.1. The van der Waals surface area contributed by atoms with Crippen LogP contribution in [0.4, 0.5) is 4.79 Å². The molecule has 0 spiro atoms. The second-order valence-corrected chi connectivity index (χ2v) is 9.34. The number of hydrogen-bond donors (Lipinski definition) is 3. The van der Waals surface area contributed by atoms with E-state index in [1.165, 1.54) is 5.56 Å². The van der Waals surface area contributed by atoms with Gasteiger partial charge in [0.05, 0.1) is 0 Å². The van der Waals surface area contributed by atoms with Crippen LogP contribution < -0.4 is 16.4 Å². The summed E-state index contributed by atoms with van der Waals surface area (Å²) in [7, 11) is 0. The molecule has 4 N–H and O–H groups in total. The van der Waals surface area contributed by atoms with Crippen molar-refractivity contribution in [1.29, 1.82) is 0 Å². The molecule has 1 unspecified atom stereocenters. The largest absolute Gasteiger partial charge is 0.433 e. The highest BCUT2D eigenvalue weighted by Gasteiger charge is 2.47. The Morgan fingerprint density at radius 2 is 1.55 bits per heavy atom. The third-order valence-electron chi connectivity index (χ3n) is 6.63. The second kappa shape index (κ2) is 10.4. The Morgan fingerprint density at radius 3 is 2.21 bits per heavy atom. The molecule has 1 atom stereocenters. The summed E-state index contributed by atoms with van der Waals surface area (Å²) in [6.07, 6.45) is 3.83. The van der Waals surface area contributed by atoms with Crippen molar-refractivity contribution >= 4 is 12.0 Å². The lowest BCUT2D eigenvalue weighted by molar-refractivity contribution is -0.145. The normalized spacial score (nSPS) is 22.5. The molecule has 0 radical (unpaired) electrons. The highest BCUT2D eigenvalue weighted by atomic mass is 16.6. The summed E-state index contributed by atoms with van der Waals surface area (Å²) in [5, 5.41) is 5.84. The molecule has 2 aromatic carbocycles. The van der Waals surface area contributed by atoms with Crippen LogP contribution in [0.1, 0.15) is 49.7 Å². The Bertz CT molecular complexity index is 931. The van der Waals surface area contributed by atoms with E-state index >= 15 is 0 Å². The van der Waals surface area contributed by atoms with E-state index in [0.717, 1.165) is 37.9 Å². The van der Waals surface area contributed by atoms with E-state index in [4.69, 9.17) is 10.5 Å². The Morgan fingerprint density at radius 1 is 0.909 bits per heavy atom. The van der Waals surface area contributed by atoms with Crippen LogP contribution >= 0.6 is 0 Å². The number of carbonyl (C=O) groups is 2. The van der Waals surface area contributed by atoms with Gasteiger partial charge in [0.1, 0.15) is 5.66 Å². The van der Waals surface area contributed by atoms with Crippen molar-refractivity contribution in [2.45, 2.75) is 62.9 Å². The fourth-order valence-corrected chi connectivity index (χ4v) is 4.82. The van der Waals surface area contributed by atoms with E-state index < -0.39 is 17.4 Å². The Hall–Kier alpha value is -2.90. The van der Waals surface area contributed by atoms with Gasteiger partial charge in [-0.25, -0.2) is 4.79 Å². The first-order chi connectivity index (χ1) is 16.0. The van der Waals surface area contributed by atoms with Crippen molar-refractivity contribution in [3.8, 4) is 0 Å². The molecule has 2 fully saturated rings. The second-order valence-electron chi connectivity index (χ2n) is 9.34. The quantitative estimate of drug-likeness (QED) is 0.563. The number of rotatable bonds is 7. The summed E-state index contributed by atoms with van der Waals surface area (Å²) < 4.78 is 5.81. The standard InChI is InChI=1S/C26H34N4O3/c27-26(16-17-30(20-26)19-22-12-6-2-7-13-22)29-23(31)25(14-8-3-9-15-25)33-24(32)28-18-21-10-4-1-5-11-21/h1-2,4-7,10-13H,3,8-9,14-20,27H2,(H,28,32)(H,29,31). The van der Waals surface area contributed by atoms with Gasteiger partial charge in [-0.3, -0.25) is 9.69 Å². The van der Waals surface area contributed by atoms with Crippen LogP contribution in [0.5, 0.6) is 0 Å². The third kappa shape index (κ3) is 6.12. The molecule has 7 heteroatoms. The van der Waals surface area contributed by atoms with Crippen molar-refractivity contribution in [2.24, 2.45) is 5.73 Å². The maximum absolute atomic E-state index is 13.4. The average Bonchev–Trinajstić information content (AvgIpc) is 3.19. The summed E-state index contributed by atoms with van der Waals surface area (Å²) in [6.45, 7) is 2.51. The average molecular weight is 451 g/mol. The van der Waals surface area contributed by atoms with Crippen molar-refractivity contribution in [3.05, 3.63) is 71.8 Å². The number of benzene rings is 2. The molecule has 1 aliphatic carbocycles. The molecule has 1 aliphatic heterocycles. The molecule has 4 rings (SSSR count). The van der Waals surface area contributed by atoms with Gasteiger partial charge in [0, 0.05) is 26.2 Å². The lowest BCUT2D eigenvalue weighted by atomic mass is 9.83. The summed E-state index contributed by atoms with van der Waals surface area (Å²) in [4.78, 5) is 28.3. The lowest BCUT2D eigenvalue weighted by Gasteiger charge is -2.38. The zero-order valence-corrected chi connectivity index (χ0v) is 19.1. The number of alkyl carbamates (subject to hydrolysis) is 1. The minimum absolute atomic E-state index is 0.277. The first-order valence-corrected chi connectivity index (χ1v) is 11.9. The molecule has 1 saturated carbocycles. The topological polar surface area (TPSA) is 96.7 Å². The van der Waals surface area contributed by atoms with Crippen LogP contribution in [0.3, 0.4) is 0 Å². The molecule has 33 heavy (non-hydrogen) atoms. The predicted octanol–water partition coefficient (Wildman–Crippen LogP) is 3.29. The molecule has 2 aromatic rings. The first kappa shape index (κ1) is 23.3. The van der Waals surface area contributed by atoms with E-state index in [1.807, 2.05) is 48.5 Å². The molecule has 1 saturated heterocycles. The molecule has 176 valence electrons. The highest BCUT2D eigenvalue weighted by molar-refractivity contribution is 5.88. The van der Waals surface area contributed by atoms with E-state index in [0.29, 0.717) is 32.4 Å². The highest BCUT2D eigenvalue weighted by Crippen LogP contribution is 2.33. The van der Waals surface area contributed by atoms with Crippen LogP contribution in [0, 0.1) is 0 Å². The Labute approximate surface area is 195 Å². The summed E-state index contributed by atoms with van der Waals surface area (Å²) in [6, 6.07) is 19.9. The zero-order chi connectivity index (χ0) is 23.2. The van der Waals surface area contributed by atoms with Gasteiger partial charge in [0.15, 0.2) is 5.60 Å². The maximum atomic E-state index is 13.4. The van der Waals surface area contributed by atoms with Crippen LogP contribution in [0.25, 0.3) is 0 Å². The molecule has 2 aliphatic rings. The molecule has 0 bridgehead atoms. The molecular weight excluding hydrogens is 416 g/mol. The SMILES string of the molecule is NC1(NC(=O)C2(OC(=O)NCc3ccccc3)CCCCC2)CCN(Cc2ccccc2)C1. The van der Waals surface area contributed by atoms with Crippen LogP contribution in [-0.4, -0.2) is 41.3 Å². The van der Waals surface area contributed by atoms with Gasteiger partial charge in [0.25, 0.3) is 5.91 Å². The monoisotopic (exact) mass is 450 g/mol. The number of hydrogen-bond acceptors (Lipinski definition) is 5. The number of likely N-dealkylation sites (tertiary alicyclic amines) is 1. The molecule has 0 aromatic heterocycles. The van der Waals surface area contributed by atoms with Gasteiger partial charge < -0.3 is 21.1 Å². The summed E-state index contributed by atoms with van der Waals surface area (Å²) >= 11 is 0. The van der Waals surface area contributed by atoms with Crippen molar-refractivity contribution < 1.29 is 14.3 Å². The minimum Gasteiger partial charge on any atom is -0.433 e. The summed E-state index contributed by atoms with van der Waals surface area (Å²) in [5.74, 6) is -0.277. The van der Waals surface area contributed by atoms with Crippen molar-refractivity contribution in [3.63, 3.8) is 0 Å². The first-order valence-electron chi connectivity index (χ1n) is 11.9. The van der Waals surface area contributed by atoms with E-state index in [9.17, 15) is 9.59 Å². The van der Waals surface area contributed by atoms with Crippen molar-refractivity contribution in [1.82, 2.24) is 15.5 Å². The number of amides is 2. The van der Waals surface area contributed by atoms with Gasteiger partial charge in [-0.2, -0.15) is 0 Å². The summed E-state index contributed by atoms with van der Waals surface area (Å²) in [5.41, 5.74) is 6.80. The van der Waals surface area contributed by atoms with Gasteiger partial charge in [-0.15, -0.1) is 0 Å². The smallest absolute Gasteiger partial charge is 0.408 e. The molecule has 7 nitrogen and oxygen atoms in total. The van der Waals surface area contributed by atoms with Gasteiger partial charge in [0.2, 0.25) is 0 Å². The van der Waals surface area contributed by atoms with E-state index in [-0.39, 0.29) is 5.91 Å². The van der Waals surface area contributed by atoms with Gasteiger partial charge in [-0.1, -0.05) is 67.1 Å². The van der Waals surface area contributed by atoms with Crippen LogP contribution in [0.15, 0.2) is 60.7 Å². The molecular formula is C26H34N4O3. The molecule has 1 heterocycles. The third-order valence-corrected chi connectivity index (χ3v) is 6.63. The van der Waals surface area contributed by atoms with Crippen LogP contribution in [-0.2, 0) is 22.6 Å². The molecule has 2 amide bonds. The number of nitrogens with one attached hydrogen (secondary N) is 2. The number of nitrogens with zero attached hydrogens (tertiary/aromatic N) is 1. The Balaban J connectivity index is 1.36. The number of ether oxygens (including phenoxy) is 1. The van der Waals surface area contributed by atoms with Gasteiger partial charge >= 0.3 is 6.09 Å². The fraction of sp³-hybridized carbons (Fsp3) is 0.462. The van der Waals surface area contributed by atoms with E-state index in [2.05, 4.69) is 27.7 Å². The maximum Gasteiger partial charge on any atom is 0.408 e. The van der Waals surface area contributed by atoms with Gasteiger partial charge in [-0.05, 0) is 43.2 Å². The van der Waals surface area contributed by atoms with Crippen LogP contribution in [0.2, 0.25) is 0 Å². The predicted molar refractivity (Wildman–Crippen MR) is 127 cm³/mol. The fourth-order valence-electron chi connectivity index (χ4n) is 4.82. The minimum atomic E-state index is -1.17. The lowest BCUT2D eigenvalue weighted by Crippen LogP contribution is -2.63. The van der Waals surface area contributed by atoms with E-state index in [1.54, 1.807) is 0 Å². The Kier molecular flexibility index (Phi) is 7.30. The number of carbonyl (C=O) groups excluding carboxylic acids is 2. The number of nitrogens with two attached hydrogens (primary N) is 1.